The van der Waals surface area contributed by atoms with Crippen molar-refractivity contribution in [2.45, 2.75) is 26.5 Å². The van der Waals surface area contributed by atoms with Crippen molar-refractivity contribution in [1.82, 2.24) is 4.57 Å². The Hall–Kier alpha value is -2.50. The highest BCUT2D eigenvalue weighted by atomic mass is 19.1. The number of halogens is 2. The topological polar surface area (TPSA) is 48.3 Å². The lowest BCUT2D eigenvalue weighted by Crippen LogP contribution is -2.22. The Labute approximate surface area is 126 Å². The molecule has 1 heterocycles. The Balaban J connectivity index is 2.25. The van der Waals surface area contributed by atoms with Crippen molar-refractivity contribution >= 4 is 5.97 Å². The molecule has 0 N–H and O–H groups in total. The molecule has 0 atom stereocenters. The summed E-state index contributed by atoms with van der Waals surface area (Å²) in [5.74, 6) is -1.78. The molecule has 0 aliphatic carbocycles. The van der Waals surface area contributed by atoms with Gasteiger partial charge in [0.05, 0.1) is 18.2 Å². The molecule has 22 heavy (non-hydrogen) atoms. The van der Waals surface area contributed by atoms with Crippen LogP contribution in [0.4, 0.5) is 8.78 Å². The molecule has 6 heteroatoms. The van der Waals surface area contributed by atoms with Gasteiger partial charge in [0.2, 0.25) is 0 Å². The highest BCUT2D eigenvalue weighted by Crippen LogP contribution is 2.11. The van der Waals surface area contributed by atoms with Crippen molar-refractivity contribution in [3.63, 3.8) is 0 Å². The third kappa shape index (κ3) is 3.78. The van der Waals surface area contributed by atoms with Crippen molar-refractivity contribution < 1.29 is 18.3 Å². The third-order valence-corrected chi connectivity index (χ3v) is 2.92. The van der Waals surface area contributed by atoms with Gasteiger partial charge in [0.25, 0.3) is 5.56 Å². The average Bonchev–Trinajstić information content (AvgIpc) is 2.44. The second kappa shape index (κ2) is 6.51. The molecule has 4 nitrogen and oxygen atoms in total. The highest BCUT2D eigenvalue weighted by Gasteiger charge is 2.12. The number of aromatic nitrogens is 1. The van der Waals surface area contributed by atoms with Crippen LogP contribution in [-0.2, 0) is 11.3 Å². The lowest BCUT2D eigenvalue weighted by molar-refractivity contribution is 0.0377. The Kier molecular flexibility index (Phi) is 4.70. The second-order valence-corrected chi connectivity index (χ2v) is 5.07. The molecule has 1 aromatic heterocycles. The van der Waals surface area contributed by atoms with E-state index in [4.69, 9.17) is 4.74 Å². The minimum absolute atomic E-state index is 0.0552. The Morgan fingerprint density at radius 3 is 2.59 bits per heavy atom. The summed E-state index contributed by atoms with van der Waals surface area (Å²) < 4.78 is 32.9. The quantitative estimate of drug-likeness (QED) is 0.816. The molecule has 2 rings (SSSR count). The van der Waals surface area contributed by atoms with Crippen molar-refractivity contribution in [2.24, 2.45) is 0 Å². The van der Waals surface area contributed by atoms with Crippen LogP contribution in [0.3, 0.4) is 0 Å². The summed E-state index contributed by atoms with van der Waals surface area (Å²) in [7, 11) is 0. The summed E-state index contributed by atoms with van der Waals surface area (Å²) in [6.45, 7) is 3.28. The molecule has 0 fully saturated rings. The minimum atomic E-state index is -0.601. The molecule has 0 spiro atoms. The van der Waals surface area contributed by atoms with Crippen LogP contribution in [0.25, 0.3) is 0 Å². The van der Waals surface area contributed by atoms with Crippen molar-refractivity contribution in [3.8, 4) is 0 Å². The van der Waals surface area contributed by atoms with Crippen LogP contribution in [0, 0.1) is 11.6 Å². The second-order valence-electron chi connectivity index (χ2n) is 5.07. The van der Waals surface area contributed by atoms with Gasteiger partial charge in [-0.1, -0.05) is 0 Å². The van der Waals surface area contributed by atoms with E-state index in [0.717, 1.165) is 24.3 Å². The molecule has 0 aliphatic heterocycles. The molecule has 0 amide bonds. The number of benzene rings is 1. The van der Waals surface area contributed by atoms with Crippen LogP contribution < -0.4 is 5.56 Å². The summed E-state index contributed by atoms with van der Waals surface area (Å²) >= 11 is 0. The van der Waals surface area contributed by atoms with Gasteiger partial charge >= 0.3 is 5.97 Å². The van der Waals surface area contributed by atoms with Crippen molar-refractivity contribution in [3.05, 3.63) is 69.6 Å². The number of esters is 1. The summed E-state index contributed by atoms with van der Waals surface area (Å²) in [5.41, 5.74) is -0.323. The van der Waals surface area contributed by atoms with E-state index in [0.29, 0.717) is 0 Å². The number of hydrogen-bond acceptors (Lipinski definition) is 3. The van der Waals surface area contributed by atoms with E-state index < -0.39 is 23.2 Å². The standard InChI is InChI=1S/C16H15F2NO3/c1-10(2)22-16(21)11-5-6-19(15(20)8-11)9-12-7-13(17)3-4-14(12)18/h3-8,10H,9H2,1-2H3. The van der Waals surface area contributed by atoms with E-state index >= 15 is 0 Å². The summed E-state index contributed by atoms with van der Waals surface area (Å²) in [6.07, 6.45) is 1.06. The van der Waals surface area contributed by atoms with Gasteiger partial charge in [-0.05, 0) is 38.1 Å². The SMILES string of the molecule is CC(C)OC(=O)c1ccn(Cc2cc(F)ccc2F)c(=O)c1. The van der Waals surface area contributed by atoms with E-state index in [9.17, 15) is 18.4 Å². The van der Waals surface area contributed by atoms with Crippen LogP contribution in [0.15, 0.2) is 41.3 Å². The van der Waals surface area contributed by atoms with Crippen molar-refractivity contribution in [1.29, 1.82) is 0 Å². The predicted octanol–water partition coefficient (Wildman–Crippen LogP) is 2.74. The Morgan fingerprint density at radius 1 is 1.23 bits per heavy atom. The number of nitrogens with zero attached hydrogens (tertiary/aromatic N) is 1. The molecule has 0 radical (unpaired) electrons. The fraction of sp³-hybridized carbons (Fsp3) is 0.250. The monoisotopic (exact) mass is 307 g/mol. The molecule has 0 saturated carbocycles. The number of pyridine rings is 1. The first kappa shape index (κ1) is 15.9. The number of rotatable bonds is 4. The van der Waals surface area contributed by atoms with Gasteiger partial charge in [-0.15, -0.1) is 0 Å². The smallest absolute Gasteiger partial charge is 0.338 e. The highest BCUT2D eigenvalue weighted by molar-refractivity contribution is 5.89. The van der Waals surface area contributed by atoms with Gasteiger partial charge < -0.3 is 9.30 Å². The average molecular weight is 307 g/mol. The zero-order valence-electron chi connectivity index (χ0n) is 12.2. The fourth-order valence-corrected chi connectivity index (χ4v) is 1.90. The molecule has 1 aromatic carbocycles. The van der Waals surface area contributed by atoms with Gasteiger partial charge in [0.15, 0.2) is 0 Å². The molecule has 0 unspecified atom stereocenters. The molecular formula is C16H15F2NO3. The van der Waals surface area contributed by atoms with Crippen LogP contribution in [0.2, 0.25) is 0 Å². The number of carbonyl (C=O) groups is 1. The van der Waals surface area contributed by atoms with E-state index in [1.807, 2.05) is 0 Å². The third-order valence-electron chi connectivity index (χ3n) is 2.92. The fourth-order valence-electron chi connectivity index (χ4n) is 1.90. The maximum atomic E-state index is 13.6. The van der Waals surface area contributed by atoms with Crippen LogP contribution in [0.5, 0.6) is 0 Å². The van der Waals surface area contributed by atoms with Gasteiger partial charge in [-0.25, -0.2) is 13.6 Å². The van der Waals surface area contributed by atoms with Gasteiger partial charge in [0.1, 0.15) is 11.6 Å². The summed E-state index contributed by atoms with van der Waals surface area (Å²) in [4.78, 5) is 23.7. The number of hydrogen-bond donors (Lipinski definition) is 0. The van der Waals surface area contributed by atoms with E-state index in [2.05, 4.69) is 0 Å². The molecule has 2 aromatic rings. The Bertz CT molecular complexity index is 753. The Morgan fingerprint density at radius 2 is 1.95 bits per heavy atom. The molecule has 0 saturated heterocycles. The molecule has 0 bridgehead atoms. The first-order valence-corrected chi connectivity index (χ1v) is 6.72. The zero-order chi connectivity index (χ0) is 16.3. The van der Waals surface area contributed by atoms with Crippen LogP contribution in [0.1, 0.15) is 29.8 Å². The maximum absolute atomic E-state index is 13.6. The van der Waals surface area contributed by atoms with Gasteiger partial charge in [-0.3, -0.25) is 4.79 Å². The zero-order valence-corrected chi connectivity index (χ0v) is 12.2. The number of carbonyl (C=O) groups excluding carboxylic acids is 1. The maximum Gasteiger partial charge on any atom is 0.338 e. The first-order chi connectivity index (χ1) is 10.4. The normalized spacial score (nSPS) is 10.8. The van der Waals surface area contributed by atoms with Crippen molar-refractivity contribution in [2.75, 3.05) is 0 Å². The summed E-state index contributed by atoms with van der Waals surface area (Å²) in [5, 5.41) is 0. The van der Waals surface area contributed by atoms with Crippen LogP contribution >= 0.6 is 0 Å². The van der Waals surface area contributed by atoms with Gasteiger partial charge in [0, 0.05) is 17.8 Å². The van der Waals surface area contributed by atoms with E-state index in [-0.39, 0.29) is 23.8 Å². The minimum Gasteiger partial charge on any atom is -0.459 e. The molecule has 116 valence electrons. The first-order valence-electron chi connectivity index (χ1n) is 6.72. The lowest BCUT2D eigenvalue weighted by atomic mass is 10.2. The summed E-state index contributed by atoms with van der Waals surface area (Å²) in [6, 6.07) is 5.56. The largest absolute Gasteiger partial charge is 0.459 e. The lowest BCUT2D eigenvalue weighted by Gasteiger charge is -2.10. The molecular weight excluding hydrogens is 292 g/mol. The van der Waals surface area contributed by atoms with Crippen LogP contribution in [-0.4, -0.2) is 16.6 Å². The van der Waals surface area contributed by atoms with Gasteiger partial charge in [-0.2, -0.15) is 0 Å². The molecule has 0 aliphatic rings. The predicted molar refractivity (Wildman–Crippen MR) is 76.7 cm³/mol. The van der Waals surface area contributed by atoms with E-state index in [1.165, 1.54) is 16.8 Å². The number of ether oxygens (including phenoxy) is 1. The van der Waals surface area contributed by atoms with E-state index in [1.54, 1.807) is 13.8 Å².